The van der Waals surface area contributed by atoms with Crippen LogP contribution in [0.4, 0.5) is 13.2 Å². The predicted octanol–water partition coefficient (Wildman–Crippen LogP) is 1.20. The Labute approximate surface area is 58.8 Å². The first-order valence-electron chi connectivity index (χ1n) is 3.25. The Morgan fingerprint density at radius 1 is 0.700 bits per heavy atom. The molecule has 0 saturated carbocycles. The summed E-state index contributed by atoms with van der Waals surface area (Å²) >= 11 is 0. The van der Waals surface area contributed by atoms with Gasteiger partial charge in [0.1, 0.15) is 20.0 Å². The van der Waals surface area contributed by atoms with Crippen LogP contribution in [0.15, 0.2) is 0 Å². The van der Waals surface area contributed by atoms with Crippen LogP contribution in [-0.2, 0) is 0 Å². The molecule has 0 saturated heterocycles. The van der Waals surface area contributed by atoms with Gasteiger partial charge in [0.25, 0.3) is 0 Å². The Bertz CT molecular complexity index is 55.7. The van der Waals surface area contributed by atoms with E-state index in [0.717, 1.165) is 0 Å². The largest absolute Gasteiger partial charge is 0.296 e. The molecule has 10 heavy (non-hydrogen) atoms. The van der Waals surface area contributed by atoms with Crippen LogP contribution in [0.25, 0.3) is 0 Å². The van der Waals surface area contributed by atoms with Crippen molar-refractivity contribution in [3.8, 4) is 0 Å². The van der Waals surface area contributed by atoms with Gasteiger partial charge in [-0.25, -0.2) is 13.2 Å². The molecule has 0 aliphatic heterocycles. The summed E-state index contributed by atoms with van der Waals surface area (Å²) in [6.45, 7) is -1.23. The zero-order valence-electron chi connectivity index (χ0n) is 5.82. The van der Waals surface area contributed by atoms with Crippen LogP contribution < -0.4 is 0 Å². The first-order valence-corrected chi connectivity index (χ1v) is 3.25. The van der Waals surface area contributed by atoms with Gasteiger partial charge in [0.05, 0.1) is 0 Å². The summed E-state index contributed by atoms with van der Waals surface area (Å²) in [5.74, 6) is 0. The number of alkyl halides is 3. The summed E-state index contributed by atoms with van der Waals surface area (Å²) in [6, 6.07) is 0. The topological polar surface area (TPSA) is 3.24 Å². The van der Waals surface area contributed by atoms with E-state index in [-0.39, 0.29) is 19.6 Å². The number of hydrogen-bond acceptors (Lipinski definition) is 1. The smallest absolute Gasteiger partial charge is 0.102 e. The summed E-state index contributed by atoms with van der Waals surface area (Å²) in [7, 11) is 0. The molecule has 1 nitrogen and oxygen atoms in total. The van der Waals surface area contributed by atoms with Crippen LogP contribution >= 0.6 is 0 Å². The van der Waals surface area contributed by atoms with Crippen LogP contribution in [0.2, 0.25) is 0 Å². The lowest BCUT2D eigenvalue weighted by atomic mass is 10.5. The molecule has 0 rings (SSSR count). The molecule has 0 aliphatic carbocycles. The zero-order chi connectivity index (χ0) is 7.82. The highest BCUT2D eigenvalue weighted by Gasteiger charge is 2.02. The minimum absolute atomic E-state index is 0.133. The number of halogens is 3. The normalized spacial score (nSPS) is 10.8. The van der Waals surface area contributed by atoms with Crippen molar-refractivity contribution >= 4 is 0 Å². The maximum Gasteiger partial charge on any atom is 0.102 e. The lowest BCUT2D eigenvalue weighted by Gasteiger charge is -2.16. The SMILES string of the molecule is FCCN(CCF)CCF. The molecule has 0 amide bonds. The highest BCUT2D eigenvalue weighted by atomic mass is 19.1. The first kappa shape index (κ1) is 9.75. The van der Waals surface area contributed by atoms with Gasteiger partial charge in [0, 0.05) is 19.6 Å². The van der Waals surface area contributed by atoms with E-state index in [1.165, 1.54) is 4.90 Å². The number of rotatable bonds is 6. The fraction of sp³-hybridized carbons (Fsp3) is 1.00. The molecule has 0 bridgehead atoms. The van der Waals surface area contributed by atoms with E-state index in [4.69, 9.17) is 0 Å². The number of nitrogens with zero attached hydrogens (tertiary/aromatic N) is 1. The van der Waals surface area contributed by atoms with Crippen molar-refractivity contribution in [2.24, 2.45) is 0 Å². The zero-order valence-corrected chi connectivity index (χ0v) is 5.82. The summed E-state index contributed by atoms with van der Waals surface area (Å²) in [5.41, 5.74) is 0. The predicted molar refractivity (Wildman–Crippen MR) is 34.4 cm³/mol. The molecule has 0 aromatic heterocycles. The maximum atomic E-state index is 11.6. The quantitative estimate of drug-likeness (QED) is 0.557. The van der Waals surface area contributed by atoms with E-state index in [9.17, 15) is 13.2 Å². The van der Waals surface area contributed by atoms with Crippen LogP contribution in [0.5, 0.6) is 0 Å². The molecular formula is C6H12F3N. The molecule has 0 aliphatic rings. The van der Waals surface area contributed by atoms with Crippen molar-refractivity contribution in [3.05, 3.63) is 0 Å². The highest BCUT2D eigenvalue weighted by Crippen LogP contribution is 1.88. The van der Waals surface area contributed by atoms with Crippen molar-refractivity contribution in [2.45, 2.75) is 0 Å². The third kappa shape index (κ3) is 4.61. The van der Waals surface area contributed by atoms with Gasteiger partial charge in [-0.2, -0.15) is 0 Å². The van der Waals surface area contributed by atoms with Gasteiger partial charge in [-0.1, -0.05) is 0 Å². The average molecular weight is 155 g/mol. The van der Waals surface area contributed by atoms with E-state index < -0.39 is 20.0 Å². The molecular weight excluding hydrogens is 143 g/mol. The maximum absolute atomic E-state index is 11.6. The third-order valence-electron chi connectivity index (χ3n) is 1.20. The van der Waals surface area contributed by atoms with Gasteiger partial charge >= 0.3 is 0 Å². The van der Waals surface area contributed by atoms with Crippen molar-refractivity contribution in [1.82, 2.24) is 4.90 Å². The second kappa shape index (κ2) is 6.86. The monoisotopic (exact) mass is 155 g/mol. The Morgan fingerprint density at radius 3 is 1.20 bits per heavy atom. The van der Waals surface area contributed by atoms with Gasteiger partial charge in [-0.05, 0) is 0 Å². The fourth-order valence-corrected chi connectivity index (χ4v) is 0.694. The standard InChI is InChI=1S/C6H12F3N/c7-1-4-10(5-2-8)6-3-9/h1-6H2. The molecule has 0 aromatic carbocycles. The van der Waals surface area contributed by atoms with Crippen molar-refractivity contribution < 1.29 is 13.2 Å². The van der Waals surface area contributed by atoms with E-state index >= 15 is 0 Å². The lowest BCUT2D eigenvalue weighted by Crippen LogP contribution is -2.30. The molecule has 0 aromatic rings. The fourth-order valence-electron chi connectivity index (χ4n) is 0.694. The van der Waals surface area contributed by atoms with E-state index in [2.05, 4.69) is 0 Å². The number of hydrogen-bond donors (Lipinski definition) is 0. The average Bonchev–Trinajstić information content (AvgIpc) is 1.90. The molecule has 0 heterocycles. The van der Waals surface area contributed by atoms with Crippen molar-refractivity contribution in [1.29, 1.82) is 0 Å². The Hall–Kier alpha value is -0.250. The molecule has 0 N–H and O–H groups in total. The third-order valence-corrected chi connectivity index (χ3v) is 1.20. The van der Waals surface area contributed by atoms with Gasteiger partial charge in [-0.15, -0.1) is 0 Å². The second-order valence-electron chi connectivity index (χ2n) is 1.91. The van der Waals surface area contributed by atoms with Crippen molar-refractivity contribution in [3.63, 3.8) is 0 Å². The van der Waals surface area contributed by atoms with Crippen LogP contribution in [0.3, 0.4) is 0 Å². The molecule has 4 heteroatoms. The minimum atomic E-state index is -0.542. The van der Waals surface area contributed by atoms with Crippen LogP contribution in [-0.4, -0.2) is 44.6 Å². The van der Waals surface area contributed by atoms with Gasteiger partial charge in [-0.3, -0.25) is 4.90 Å². The van der Waals surface area contributed by atoms with Gasteiger partial charge < -0.3 is 0 Å². The Balaban J connectivity index is 3.30. The van der Waals surface area contributed by atoms with Crippen LogP contribution in [0.1, 0.15) is 0 Å². The first-order chi connectivity index (χ1) is 4.85. The molecule has 62 valence electrons. The second-order valence-corrected chi connectivity index (χ2v) is 1.91. The summed E-state index contributed by atoms with van der Waals surface area (Å²) in [6.07, 6.45) is 0. The molecule has 0 atom stereocenters. The Kier molecular flexibility index (Phi) is 6.69. The molecule has 0 radical (unpaired) electrons. The van der Waals surface area contributed by atoms with Gasteiger partial charge in [0.15, 0.2) is 0 Å². The van der Waals surface area contributed by atoms with E-state index in [1.54, 1.807) is 0 Å². The lowest BCUT2D eigenvalue weighted by molar-refractivity contribution is 0.212. The molecule has 0 spiro atoms. The summed E-state index contributed by atoms with van der Waals surface area (Å²) in [5, 5.41) is 0. The Morgan fingerprint density at radius 2 is 1.00 bits per heavy atom. The molecule has 0 fully saturated rings. The van der Waals surface area contributed by atoms with Crippen LogP contribution in [0, 0.1) is 0 Å². The van der Waals surface area contributed by atoms with E-state index in [0.29, 0.717) is 0 Å². The highest BCUT2D eigenvalue weighted by molar-refractivity contribution is 4.54. The minimum Gasteiger partial charge on any atom is -0.296 e. The summed E-state index contributed by atoms with van der Waals surface area (Å²) in [4.78, 5) is 1.42. The van der Waals surface area contributed by atoms with Crippen molar-refractivity contribution in [2.75, 3.05) is 39.7 Å². The summed E-state index contributed by atoms with van der Waals surface area (Å²) < 4.78 is 34.8. The van der Waals surface area contributed by atoms with Gasteiger partial charge in [0.2, 0.25) is 0 Å². The molecule has 0 unspecified atom stereocenters. The van der Waals surface area contributed by atoms with E-state index in [1.807, 2.05) is 0 Å².